The number of non-ortho nitro benzene ring substituents is 1. The summed E-state index contributed by atoms with van der Waals surface area (Å²) in [6.07, 6.45) is 0.237. The van der Waals surface area contributed by atoms with Gasteiger partial charge in [0.1, 0.15) is 5.82 Å². The van der Waals surface area contributed by atoms with Crippen molar-refractivity contribution in [3.8, 4) is 0 Å². The Kier molecular flexibility index (Phi) is 6.88. The van der Waals surface area contributed by atoms with Crippen molar-refractivity contribution in [2.24, 2.45) is 0 Å². The largest absolute Gasteiger partial charge is 0.354 e. The van der Waals surface area contributed by atoms with E-state index in [4.69, 9.17) is 0 Å². The first kappa shape index (κ1) is 22.5. The van der Waals surface area contributed by atoms with Crippen molar-refractivity contribution in [1.82, 2.24) is 15.5 Å². The van der Waals surface area contributed by atoms with Crippen LogP contribution in [0.4, 0.5) is 10.1 Å². The lowest BCUT2D eigenvalue weighted by Crippen LogP contribution is -2.35. The number of imide groups is 1. The molecule has 11 heteroatoms. The highest BCUT2D eigenvalue weighted by atomic mass is 19.1. The lowest BCUT2D eigenvalue weighted by atomic mass is 10.1. The van der Waals surface area contributed by atoms with Crippen LogP contribution in [0, 0.1) is 15.9 Å². The summed E-state index contributed by atoms with van der Waals surface area (Å²) in [6.45, 7) is 0.277. The Morgan fingerprint density at radius 2 is 1.72 bits per heavy atom. The molecule has 2 aromatic rings. The molecule has 0 radical (unpaired) electrons. The van der Waals surface area contributed by atoms with Gasteiger partial charge in [0.05, 0.1) is 16.1 Å². The minimum absolute atomic E-state index is 0.0100. The first-order chi connectivity index (χ1) is 15.3. The molecule has 1 heterocycles. The highest BCUT2D eigenvalue weighted by Crippen LogP contribution is 2.26. The highest BCUT2D eigenvalue weighted by molar-refractivity contribution is 6.21. The fourth-order valence-corrected chi connectivity index (χ4v) is 3.19. The summed E-state index contributed by atoms with van der Waals surface area (Å²) in [4.78, 5) is 59.7. The normalized spacial score (nSPS) is 12.5. The molecule has 1 aliphatic heterocycles. The van der Waals surface area contributed by atoms with Gasteiger partial charge < -0.3 is 10.6 Å². The third kappa shape index (κ3) is 5.12. The molecule has 0 bridgehead atoms. The lowest BCUT2D eigenvalue weighted by Gasteiger charge is -2.13. The van der Waals surface area contributed by atoms with E-state index in [-0.39, 0.29) is 60.8 Å². The molecule has 1 aliphatic rings. The fourth-order valence-electron chi connectivity index (χ4n) is 3.19. The number of nitro groups is 1. The summed E-state index contributed by atoms with van der Waals surface area (Å²) in [6, 6.07) is 8.69. The molecular weight excluding hydrogens is 423 g/mol. The zero-order valence-corrected chi connectivity index (χ0v) is 16.8. The highest BCUT2D eigenvalue weighted by Gasteiger charge is 2.36. The van der Waals surface area contributed by atoms with Crippen molar-refractivity contribution in [3.05, 3.63) is 75.1 Å². The zero-order chi connectivity index (χ0) is 23.3. The maximum absolute atomic E-state index is 13.1. The van der Waals surface area contributed by atoms with Gasteiger partial charge in [-0.3, -0.25) is 34.2 Å². The molecule has 0 saturated carbocycles. The first-order valence-electron chi connectivity index (χ1n) is 9.73. The first-order valence-corrected chi connectivity index (χ1v) is 9.73. The van der Waals surface area contributed by atoms with Crippen LogP contribution in [-0.4, -0.2) is 53.1 Å². The molecule has 0 aromatic heterocycles. The average molecular weight is 442 g/mol. The summed E-state index contributed by atoms with van der Waals surface area (Å²) in [5.41, 5.74) is -0.0417. The van der Waals surface area contributed by atoms with Gasteiger partial charge in [0.25, 0.3) is 23.4 Å². The van der Waals surface area contributed by atoms with Gasteiger partial charge in [-0.2, -0.15) is 0 Å². The number of carbonyl (C=O) groups is 4. The van der Waals surface area contributed by atoms with Crippen LogP contribution in [-0.2, 0) is 4.79 Å². The number of halogens is 1. The van der Waals surface area contributed by atoms with E-state index in [1.54, 1.807) is 0 Å². The number of benzene rings is 2. The number of amides is 4. The van der Waals surface area contributed by atoms with Crippen LogP contribution in [0.1, 0.15) is 43.9 Å². The molecule has 166 valence electrons. The molecule has 2 N–H and O–H groups in total. The lowest BCUT2D eigenvalue weighted by molar-refractivity contribution is -0.384. The Morgan fingerprint density at radius 3 is 2.44 bits per heavy atom. The van der Waals surface area contributed by atoms with Crippen LogP contribution >= 0.6 is 0 Å². The van der Waals surface area contributed by atoms with Crippen molar-refractivity contribution in [2.45, 2.75) is 12.8 Å². The molecule has 32 heavy (non-hydrogen) atoms. The second-order valence-electron chi connectivity index (χ2n) is 6.97. The molecule has 2 aromatic carbocycles. The third-order valence-corrected chi connectivity index (χ3v) is 4.77. The predicted molar refractivity (Wildman–Crippen MR) is 109 cm³/mol. The number of carbonyl (C=O) groups excluding carboxylic acids is 4. The van der Waals surface area contributed by atoms with Gasteiger partial charge in [-0.25, -0.2) is 4.39 Å². The molecule has 0 fully saturated rings. The molecule has 0 aliphatic carbocycles. The van der Waals surface area contributed by atoms with Crippen molar-refractivity contribution in [3.63, 3.8) is 0 Å². The van der Waals surface area contributed by atoms with Crippen molar-refractivity contribution in [1.29, 1.82) is 0 Å². The maximum atomic E-state index is 13.1. The average Bonchev–Trinajstić information content (AvgIpc) is 3.00. The Bertz CT molecular complexity index is 1100. The van der Waals surface area contributed by atoms with Crippen molar-refractivity contribution >= 4 is 29.3 Å². The predicted octanol–water partition coefficient (Wildman–Crippen LogP) is 1.66. The minimum Gasteiger partial charge on any atom is -0.354 e. The monoisotopic (exact) mass is 442 g/mol. The molecule has 4 amide bonds. The van der Waals surface area contributed by atoms with Crippen LogP contribution in [0.5, 0.6) is 0 Å². The molecule has 3 rings (SSSR count). The summed E-state index contributed by atoms with van der Waals surface area (Å²) in [5, 5.41) is 16.0. The topological polar surface area (TPSA) is 139 Å². The van der Waals surface area contributed by atoms with Gasteiger partial charge in [-0.15, -0.1) is 0 Å². The molecule has 10 nitrogen and oxygen atoms in total. The zero-order valence-electron chi connectivity index (χ0n) is 16.8. The molecule has 0 atom stereocenters. The van der Waals surface area contributed by atoms with Crippen LogP contribution in [0.2, 0.25) is 0 Å². The number of fused-ring (bicyclic) bond motifs is 1. The van der Waals surface area contributed by atoms with Gasteiger partial charge in [-0.1, -0.05) is 6.07 Å². The van der Waals surface area contributed by atoms with E-state index in [1.807, 2.05) is 0 Å². The quantitative estimate of drug-likeness (QED) is 0.262. The number of nitro benzene ring substituents is 1. The molecule has 0 spiro atoms. The van der Waals surface area contributed by atoms with Crippen molar-refractivity contribution in [2.75, 3.05) is 19.6 Å². The molecular formula is C21H19FN4O6. The van der Waals surface area contributed by atoms with Gasteiger partial charge in [0.15, 0.2) is 0 Å². The minimum atomic E-state index is -0.647. The van der Waals surface area contributed by atoms with E-state index in [0.717, 1.165) is 23.1 Å². The number of nitrogens with one attached hydrogen (secondary N) is 2. The number of rotatable bonds is 9. The second-order valence-corrected chi connectivity index (χ2v) is 6.97. The van der Waals surface area contributed by atoms with Crippen LogP contribution in [0.15, 0.2) is 42.5 Å². The Labute approximate surface area is 181 Å². The standard InChI is InChI=1S/C21H19FN4O6/c22-14-4-1-3-13(11-14)19(28)24-9-8-23-18(27)5-2-10-25-20(29)16-7-6-15(26(31)32)12-17(16)21(25)30/h1,3-4,6-7,11-12H,2,5,8-10H2,(H,23,27)(H,24,28). The summed E-state index contributed by atoms with van der Waals surface area (Å²) < 4.78 is 13.1. The maximum Gasteiger partial charge on any atom is 0.270 e. The molecule has 0 saturated heterocycles. The van der Waals surface area contributed by atoms with E-state index in [9.17, 15) is 33.7 Å². The fraction of sp³-hybridized carbons (Fsp3) is 0.238. The third-order valence-electron chi connectivity index (χ3n) is 4.77. The number of nitrogens with zero attached hydrogens (tertiary/aromatic N) is 2. The number of hydrogen-bond donors (Lipinski definition) is 2. The Balaban J connectivity index is 1.39. The Hall–Kier alpha value is -4.15. The van der Waals surface area contributed by atoms with Gasteiger partial charge in [0.2, 0.25) is 5.91 Å². The van der Waals surface area contributed by atoms with Gasteiger partial charge >= 0.3 is 0 Å². The second kappa shape index (κ2) is 9.77. The van der Waals surface area contributed by atoms with Gasteiger partial charge in [0, 0.05) is 43.8 Å². The van der Waals surface area contributed by atoms with Crippen molar-refractivity contribution < 1.29 is 28.5 Å². The molecule has 0 unspecified atom stereocenters. The van der Waals surface area contributed by atoms with Crippen LogP contribution < -0.4 is 10.6 Å². The van der Waals surface area contributed by atoms with Gasteiger partial charge in [-0.05, 0) is 30.7 Å². The van der Waals surface area contributed by atoms with E-state index >= 15 is 0 Å². The van der Waals surface area contributed by atoms with E-state index in [2.05, 4.69) is 10.6 Å². The summed E-state index contributed by atoms with van der Waals surface area (Å²) in [7, 11) is 0. The van der Waals surface area contributed by atoms with E-state index in [1.165, 1.54) is 24.3 Å². The smallest absolute Gasteiger partial charge is 0.270 e. The summed E-state index contributed by atoms with van der Waals surface area (Å²) >= 11 is 0. The SMILES string of the molecule is O=C(CCCN1C(=O)c2ccc([N+](=O)[O-])cc2C1=O)NCCNC(=O)c1cccc(F)c1. The van der Waals surface area contributed by atoms with E-state index < -0.39 is 28.5 Å². The number of hydrogen-bond acceptors (Lipinski definition) is 6. The Morgan fingerprint density at radius 1 is 1.00 bits per heavy atom. The van der Waals surface area contributed by atoms with Crippen LogP contribution in [0.3, 0.4) is 0 Å². The van der Waals surface area contributed by atoms with E-state index in [0.29, 0.717) is 0 Å². The summed E-state index contributed by atoms with van der Waals surface area (Å²) in [5.74, 6) is -2.52. The van der Waals surface area contributed by atoms with Crippen LogP contribution in [0.25, 0.3) is 0 Å².